The van der Waals surface area contributed by atoms with Gasteiger partial charge in [-0.3, -0.25) is 4.79 Å². The zero-order valence-corrected chi connectivity index (χ0v) is 9.36. The van der Waals surface area contributed by atoms with Crippen molar-refractivity contribution < 1.29 is 14.3 Å². The quantitative estimate of drug-likeness (QED) is 0.861. The van der Waals surface area contributed by atoms with Crippen LogP contribution in [0.25, 0.3) is 0 Å². The van der Waals surface area contributed by atoms with Gasteiger partial charge >= 0.3 is 0 Å². The molecule has 0 saturated heterocycles. The fraction of sp³-hybridized carbons (Fsp3) is 0.308. The van der Waals surface area contributed by atoms with Gasteiger partial charge in [0.2, 0.25) is 6.79 Å². The summed E-state index contributed by atoms with van der Waals surface area (Å²) in [4.78, 5) is 11.1. The summed E-state index contributed by atoms with van der Waals surface area (Å²) in [5, 5.41) is 3.26. The van der Waals surface area contributed by atoms with Crippen molar-refractivity contribution in [2.24, 2.45) is 0 Å². The molecule has 1 aromatic rings. The van der Waals surface area contributed by atoms with E-state index in [9.17, 15) is 4.79 Å². The van der Waals surface area contributed by atoms with Crippen LogP contribution < -0.4 is 14.8 Å². The second-order valence-corrected chi connectivity index (χ2v) is 4.14. The molecular weight excluding hydrogens is 218 g/mol. The van der Waals surface area contributed by atoms with E-state index in [0.717, 1.165) is 29.2 Å². The fourth-order valence-electron chi connectivity index (χ4n) is 2.07. The molecular formula is C13H13NO3. The van der Waals surface area contributed by atoms with Crippen molar-refractivity contribution in [2.75, 3.05) is 6.79 Å². The lowest BCUT2D eigenvalue weighted by molar-refractivity contribution is -0.114. The van der Waals surface area contributed by atoms with Crippen LogP contribution in [-0.2, 0) is 11.3 Å². The number of benzene rings is 1. The number of para-hydroxylation sites is 1. The molecule has 1 heterocycles. The minimum Gasteiger partial charge on any atom is -0.454 e. The van der Waals surface area contributed by atoms with E-state index >= 15 is 0 Å². The van der Waals surface area contributed by atoms with Crippen LogP contribution in [0.4, 0.5) is 0 Å². The van der Waals surface area contributed by atoms with Crippen LogP contribution in [-0.4, -0.2) is 12.6 Å². The predicted octanol–water partition coefficient (Wildman–Crippen LogP) is 1.75. The molecule has 17 heavy (non-hydrogen) atoms. The van der Waals surface area contributed by atoms with Crippen molar-refractivity contribution in [1.29, 1.82) is 0 Å². The molecule has 0 radical (unpaired) electrons. The Kier molecular flexibility index (Phi) is 2.48. The molecule has 4 nitrogen and oxygen atoms in total. The Labute approximate surface area is 99.2 Å². The minimum absolute atomic E-state index is 0.199. The third-order valence-electron chi connectivity index (χ3n) is 2.96. The van der Waals surface area contributed by atoms with Crippen LogP contribution in [0.1, 0.15) is 18.4 Å². The highest BCUT2D eigenvalue weighted by molar-refractivity contribution is 5.92. The van der Waals surface area contributed by atoms with Gasteiger partial charge in [-0.05, 0) is 12.5 Å². The first kappa shape index (κ1) is 10.2. The first-order chi connectivity index (χ1) is 8.33. The topological polar surface area (TPSA) is 47.6 Å². The molecule has 3 rings (SSSR count). The summed E-state index contributed by atoms with van der Waals surface area (Å²) >= 11 is 0. The van der Waals surface area contributed by atoms with Gasteiger partial charge in [0.25, 0.3) is 0 Å². The normalized spacial score (nSPS) is 17.2. The molecule has 1 aromatic carbocycles. The van der Waals surface area contributed by atoms with Gasteiger partial charge in [-0.15, -0.1) is 0 Å². The number of allylic oxidation sites excluding steroid dienone is 2. The van der Waals surface area contributed by atoms with Gasteiger partial charge in [0.1, 0.15) is 0 Å². The van der Waals surface area contributed by atoms with Crippen molar-refractivity contribution in [3.05, 3.63) is 35.5 Å². The predicted molar refractivity (Wildman–Crippen MR) is 61.7 cm³/mol. The maximum atomic E-state index is 11.1. The molecule has 0 saturated carbocycles. The number of rotatable bonds is 3. The maximum Gasteiger partial charge on any atom is 0.231 e. The van der Waals surface area contributed by atoms with Crippen LogP contribution >= 0.6 is 0 Å². The Hall–Kier alpha value is -1.97. The molecule has 0 bridgehead atoms. The lowest BCUT2D eigenvalue weighted by Crippen LogP contribution is -2.11. The summed E-state index contributed by atoms with van der Waals surface area (Å²) in [6.45, 7) is 0.944. The van der Waals surface area contributed by atoms with Crippen LogP contribution in [0.3, 0.4) is 0 Å². The van der Waals surface area contributed by atoms with E-state index in [1.165, 1.54) is 0 Å². The highest BCUT2D eigenvalue weighted by Gasteiger charge is 2.17. The summed E-state index contributed by atoms with van der Waals surface area (Å²) < 4.78 is 10.7. The van der Waals surface area contributed by atoms with E-state index in [1.54, 1.807) is 6.08 Å². The molecule has 0 aromatic heterocycles. The maximum absolute atomic E-state index is 11.1. The van der Waals surface area contributed by atoms with Gasteiger partial charge in [0.05, 0.1) is 0 Å². The van der Waals surface area contributed by atoms with E-state index in [-0.39, 0.29) is 12.6 Å². The number of carbonyl (C=O) groups excluding carboxylic acids is 1. The summed E-state index contributed by atoms with van der Waals surface area (Å²) in [6, 6.07) is 5.83. The Morgan fingerprint density at radius 1 is 1.24 bits per heavy atom. The number of hydrogen-bond donors (Lipinski definition) is 1. The minimum atomic E-state index is 0.199. The Balaban J connectivity index is 1.72. The van der Waals surface area contributed by atoms with Crippen LogP contribution in [0.2, 0.25) is 0 Å². The number of nitrogens with one attached hydrogen (secondary N) is 1. The molecule has 0 atom stereocenters. The van der Waals surface area contributed by atoms with E-state index < -0.39 is 0 Å². The van der Waals surface area contributed by atoms with Crippen LogP contribution in [0.5, 0.6) is 11.5 Å². The second-order valence-electron chi connectivity index (χ2n) is 4.14. The molecule has 4 heteroatoms. The van der Waals surface area contributed by atoms with Crippen molar-refractivity contribution >= 4 is 5.78 Å². The highest BCUT2D eigenvalue weighted by atomic mass is 16.7. The summed E-state index contributed by atoms with van der Waals surface area (Å²) in [6.07, 6.45) is 3.11. The van der Waals surface area contributed by atoms with Crippen LogP contribution in [0, 0.1) is 0 Å². The second kappa shape index (κ2) is 4.13. The highest BCUT2D eigenvalue weighted by Crippen LogP contribution is 2.35. The van der Waals surface area contributed by atoms with E-state index in [1.807, 2.05) is 18.2 Å². The number of fused-ring (bicyclic) bond motifs is 1. The summed E-state index contributed by atoms with van der Waals surface area (Å²) in [5.74, 6) is 1.80. The molecule has 0 fully saturated rings. The van der Waals surface area contributed by atoms with Crippen molar-refractivity contribution in [3.63, 3.8) is 0 Å². The Bertz CT molecular complexity index is 493. The standard InChI is InChI=1S/C13H13NO3/c15-11-5-4-10(6-11)14-7-9-2-1-3-12-13(9)17-8-16-12/h1-3,6,14H,4-5,7-8H2. The molecule has 1 aliphatic heterocycles. The summed E-state index contributed by atoms with van der Waals surface area (Å²) in [7, 11) is 0. The van der Waals surface area contributed by atoms with Gasteiger partial charge in [0.15, 0.2) is 17.3 Å². The lowest BCUT2D eigenvalue weighted by atomic mass is 10.2. The molecule has 0 amide bonds. The fourth-order valence-corrected chi connectivity index (χ4v) is 2.07. The Morgan fingerprint density at radius 3 is 3.00 bits per heavy atom. The number of hydrogen-bond acceptors (Lipinski definition) is 4. The molecule has 0 spiro atoms. The van der Waals surface area contributed by atoms with Crippen molar-refractivity contribution in [3.8, 4) is 11.5 Å². The molecule has 1 aliphatic carbocycles. The first-order valence-electron chi connectivity index (χ1n) is 5.68. The summed E-state index contributed by atoms with van der Waals surface area (Å²) in [5.41, 5.74) is 2.06. The smallest absolute Gasteiger partial charge is 0.231 e. The van der Waals surface area contributed by atoms with Gasteiger partial charge < -0.3 is 14.8 Å². The SMILES string of the molecule is O=C1C=C(NCc2cccc3c2OCO3)CC1. The first-order valence-corrected chi connectivity index (χ1v) is 5.68. The van der Waals surface area contributed by atoms with E-state index in [0.29, 0.717) is 13.0 Å². The van der Waals surface area contributed by atoms with Gasteiger partial charge in [-0.2, -0.15) is 0 Å². The average Bonchev–Trinajstić information content (AvgIpc) is 2.94. The van der Waals surface area contributed by atoms with Gasteiger partial charge in [0, 0.05) is 30.3 Å². The number of ether oxygens (including phenoxy) is 2. The van der Waals surface area contributed by atoms with Crippen molar-refractivity contribution in [2.45, 2.75) is 19.4 Å². The van der Waals surface area contributed by atoms with Crippen LogP contribution in [0.15, 0.2) is 30.0 Å². The molecule has 0 unspecified atom stereocenters. The molecule has 1 N–H and O–H groups in total. The lowest BCUT2D eigenvalue weighted by Gasteiger charge is -2.08. The third-order valence-corrected chi connectivity index (χ3v) is 2.96. The molecule has 88 valence electrons. The largest absolute Gasteiger partial charge is 0.454 e. The van der Waals surface area contributed by atoms with E-state index in [4.69, 9.17) is 9.47 Å². The van der Waals surface area contributed by atoms with E-state index in [2.05, 4.69) is 5.32 Å². The van der Waals surface area contributed by atoms with Gasteiger partial charge in [-0.25, -0.2) is 0 Å². The molecule has 2 aliphatic rings. The number of carbonyl (C=O) groups is 1. The third kappa shape index (κ3) is 1.98. The van der Waals surface area contributed by atoms with Crippen molar-refractivity contribution in [1.82, 2.24) is 5.32 Å². The average molecular weight is 231 g/mol. The van der Waals surface area contributed by atoms with Gasteiger partial charge in [-0.1, -0.05) is 12.1 Å². The number of ketones is 1. The Morgan fingerprint density at radius 2 is 2.18 bits per heavy atom. The zero-order chi connectivity index (χ0) is 11.7. The zero-order valence-electron chi connectivity index (χ0n) is 9.36. The monoisotopic (exact) mass is 231 g/mol.